The normalized spacial score (nSPS) is 11.8. The molecule has 18 heavy (non-hydrogen) atoms. The molecule has 2 nitrogen and oxygen atoms in total. The van der Waals surface area contributed by atoms with Gasteiger partial charge in [0.15, 0.2) is 0 Å². The fourth-order valence-electron chi connectivity index (χ4n) is 1.73. The topological polar surface area (TPSA) is 35.2 Å². The fraction of sp³-hybridized carbons (Fsp3) is 0.467. The monoisotopic (exact) mass is 326 g/mol. The number of hydrogen-bond donors (Lipinski definition) is 1. The third-order valence-electron chi connectivity index (χ3n) is 2.95. The first-order chi connectivity index (χ1) is 8.17. The summed E-state index contributed by atoms with van der Waals surface area (Å²) < 4.78 is 5.70. The molecule has 3 heteroatoms. The van der Waals surface area contributed by atoms with Gasteiger partial charge in [-0.25, -0.2) is 0 Å². The molecule has 99 valence electrons. The van der Waals surface area contributed by atoms with E-state index in [4.69, 9.17) is 10.5 Å². The van der Waals surface area contributed by atoms with Gasteiger partial charge in [-0.2, -0.15) is 12.3 Å². The molecule has 0 aliphatic carbocycles. The van der Waals surface area contributed by atoms with Crippen LogP contribution in [0, 0.1) is 26.7 Å². The third-order valence-corrected chi connectivity index (χ3v) is 2.95. The molecular formula is C15H23NNbO. The van der Waals surface area contributed by atoms with E-state index in [1.54, 1.807) is 0 Å². The van der Waals surface area contributed by atoms with Crippen molar-refractivity contribution < 1.29 is 27.1 Å². The molecule has 0 aromatic heterocycles. The van der Waals surface area contributed by atoms with Crippen LogP contribution in [0.3, 0.4) is 0 Å². The van der Waals surface area contributed by atoms with Gasteiger partial charge in [-0.05, 0) is 36.6 Å². The van der Waals surface area contributed by atoms with Crippen LogP contribution in [0.2, 0.25) is 0 Å². The van der Waals surface area contributed by atoms with E-state index in [1.165, 1.54) is 5.56 Å². The minimum atomic E-state index is 0. The van der Waals surface area contributed by atoms with Gasteiger partial charge in [0.2, 0.25) is 0 Å². The van der Waals surface area contributed by atoms with Crippen LogP contribution in [0.1, 0.15) is 30.4 Å². The van der Waals surface area contributed by atoms with Crippen LogP contribution in [0.5, 0.6) is 5.75 Å². The van der Waals surface area contributed by atoms with Gasteiger partial charge < -0.3 is 24.3 Å². The molecule has 1 radical (unpaired) electrons. The zero-order chi connectivity index (χ0) is 12.7. The molecule has 1 aromatic carbocycles. The van der Waals surface area contributed by atoms with Crippen LogP contribution >= 0.6 is 0 Å². The summed E-state index contributed by atoms with van der Waals surface area (Å²) >= 11 is 0. The second-order valence-corrected chi connectivity index (χ2v) is 4.44. The Morgan fingerprint density at radius 1 is 1.33 bits per heavy atom. The molecule has 0 spiro atoms. The minimum Gasteiger partial charge on any atom is -0.494 e. The Bertz CT molecular complexity index is 341. The molecule has 0 saturated carbocycles. The summed E-state index contributed by atoms with van der Waals surface area (Å²) in [6, 6.07) is 6.07. The summed E-state index contributed by atoms with van der Waals surface area (Å²) in [5.74, 6) is 1.34. The Morgan fingerprint density at radius 2 is 2.06 bits per heavy atom. The van der Waals surface area contributed by atoms with Gasteiger partial charge >= 0.3 is 22.4 Å². The largest absolute Gasteiger partial charge is 2.00 e. The maximum atomic E-state index is 5.70. The molecular weight excluding hydrogens is 303 g/mol. The predicted octanol–water partition coefficient (Wildman–Crippen LogP) is 3.28. The van der Waals surface area contributed by atoms with Crippen LogP contribution in [0.4, 0.5) is 0 Å². The summed E-state index contributed by atoms with van der Waals surface area (Å²) in [5, 5.41) is 0. The van der Waals surface area contributed by atoms with E-state index in [1.807, 2.05) is 12.1 Å². The Kier molecular flexibility index (Phi) is 9.47. The number of ether oxygens (including phenoxy) is 1. The van der Waals surface area contributed by atoms with Gasteiger partial charge in [0.05, 0.1) is 6.61 Å². The van der Waals surface area contributed by atoms with Crippen molar-refractivity contribution in [2.45, 2.75) is 32.7 Å². The van der Waals surface area contributed by atoms with E-state index in [-0.39, 0.29) is 22.4 Å². The summed E-state index contributed by atoms with van der Waals surface area (Å²) in [7, 11) is 0. The van der Waals surface area contributed by atoms with E-state index in [2.05, 4.69) is 26.8 Å². The second kappa shape index (κ2) is 9.62. The van der Waals surface area contributed by atoms with Gasteiger partial charge in [-0.1, -0.05) is 6.07 Å². The number of aryl methyl sites for hydroxylation is 1. The van der Waals surface area contributed by atoms with Crippen molar-refractivity contribution in [3.63, 3.8) is 0 Å². The van der Waals surface area contributed by atoms with Crippen molar-refractivity contribution >= 4 is 0 Å². The SMILES string of the molecule is [CH2-]CCC([CH2-])CCOc1ccc(C)c(CN)c1.[Nb+2]. The van der Waals surface area contributed by atoms with Crippen LogP contribution in [0.15, 0.2) is 18.2 Å². The van der Waals surface area contributed by atoms with Gasteiger partial charge in [0.25, 0.3) is 0 Å². The quantitative estimate of drug-likeness (QED) is 0.616. The van der Waals surface area contributed by atoms with Crippen molar-refractivity contribution in [1.29, 1.82) is 0 Å². The number of rotatable bonds is 7. The minimum absolute atomic E-state index is 0. The third kappa shape index (κ3) is 6.05. The van der Waals surface area contributed by atoms with Gasteiger partial charge in [0, 0.05) is 6.54 Å². The van der Waals surface area contributed by atoms with Crippen molar-refractivity contribution in [1.82, 2.24) is 0 Å². The van der Waals surface area contributed by atoms with Crippen LogP contribution in [-0.2, 0) is 28.9 Å². The van der Waals surface area contributed by atoms with E-state index in [9.17, 15) is 0 Å². The zero-order valence-electron chi connectivity index (χ0n) is 11.2. The molecule has 1 unspecified atom stereocenters. The first-order valence-electron chi connectivity index (χ1n) is 6.22. The molecule has 0 saturated heterocycles. The number of hydrogen-bond acceptors (Lipinski definition) is 2. The molecule has 0 bridgehead atoms. The average molecular weight is 326 g/mol. The summed E-state index contributed by atoms with van der Waals surface area (Å²) in [4.78, 5) is 0. The first kappa shape index (κ1) is 17.7. The van der Waals surface area contributed by atoms with Crippen molar-refractivity contribution in [3.8, 4) is 5.75 Å². The second-order valence-electron chi connectivity index (χ2n) is 4.44. The fourth-order valence-corrected chi connectivity index (χ4v) is 1.73. The Hall–Kier alpha value is -0.280. The van der Waals surface area contributed by atoms with E-state index in [0.29, 0.717) is 19.1 Å². The molecule has 0 fully saturated rings. The standard InChI is InChI=1S/C15H23NO.Nb/c1-4-5-12(2)8-9-17-15-7-6-13(3)14(10-15)11-16;/h6-7,10,12H,1-2,4-5,8-9,11,16H2,3H3;/q-2;+2. The smallest absolute Gasteiger partial charge is 0.494 e. The summed E-state index contributed by atoms with van der Waals surface area (Å²) in [5.41, 5.74) is 8.02. The summed E-state index contributed by atoms with van der Waals surface area (Å²) in [6.45, 7) is 11.2. The van der Waals surface area contributed by atoms with Crippen LogP contribution < -0.4 is 10.5 Å². The number of nitrogens with two attached hydrogens (primary N) is 1. The molecule has 0 amide bonds. The van der Waals surface area contributed by atoms with Crippen LogP contribution in [0.25, 0.3) is 0 Å². The van der Waals surface area contributed by atoms with E-state index < -0.39 is 0 Å². The van der Waals surface area contributed by atoms with Crippen molar-refractivity contribution in [3.05, 3.63) is 43.2 Å². The average Bonchev–Trinajstić information content (AvgIpc) is 2.31. The Labute approximate surface area is 127 Å². The van der Waals surface area contributed by atoms with Crippen LogP contribution in [-0.4, -0.2) is 6.61 Å². The Morgan fingerprint density at radius 3 is 2.67 bits per heavy atom. The predicted molar refractivity (Wildman–Crippen MR) is 72.6 cm³/mol. The molecule has 0 aliphatic heterocycles. The van der Waals surface area contributed by atoms with Gasteiger partial charge in [-0.15, -0.1) is 6.42 Å². The van der Waals surface area contributed by atoms with Gasteiger partial charge in [-0.3, -0.25) is 0 Å². The van der Waals surface area contributed by atoms with Crippen molar-refractivity contribution in [2.75, 3.05) is 6.61 Å². The van der Waals surface area contributed by atoms with Crippen molar-refractivity contribution in [2.24, 2.45) is 11.7 Å². The van der Waals surface area contributed by atoms with E-state index in [0.717, 1.165) is 30.6 Å². The molecule has 1 rings (SSSR count). The summed E-state index contributed by atoms with van der Waals surface area (Å²) in [6.07, 6.45) is 2.97. The molecule has 1 atom stereocenters. The molecule has 2 N–H and O–H groups in total. The van der Waals surface area contributed by atoms with E-state index >= 15 is 0 Å². The van der Waals surface area contributed by atoms with Gasteiger partial charge in [0.1, 0.15) is 5.75 Å². The number of benzene rings is 1. The maximum Gasteiger partial charge on any atom is 2.00 e. The molecule has 0 aliphatic rings. The first-order valence-corrected chi connectivity index (χ1v) is 6.22. The Balaban J connectivity index is 0.00000289. The zero-order valence-corrected chi connectivity index (χ0v) is 13.4. The molecule has 1 aromatic rings. The molecule has 0 heterocycles. The maximum absolute atomic E-state index is 5.70.